The molecule has 3 rings (SSSR count). The van der Waals surface area contributed by atoms with Gasteiger partial charge in [0.1, 0.15) is 11.4 Å². The lowest BCUT2D eigenvalue weighted by Crippen LogP contribution is -1.88. The van der Waals surface area contributed by atoms with E-state index >= 15 is 0 Å². The standard InChI is InChI=1S/C14H13N3O/c15-11-5-6-17-9-12(16-14(17)8-11)7-10-3-1-2-4-13(10)18/h1-6,8-9,18H,7,15H2. The van der Waals surface area contributed by atoms with Crippen molar-refractivity contribution < 1.29 is 5.11 Å². The van der Waals surface area contributed by atoms with Crippen LogP contribution in [0.5, 0.6) is 5.75 Å². The van der Waals surface area contributed by atoms with E-state index in [1.54, 1.807) is 6.07 Å². The minimum atomic E-state index is 0.300. The summed E-state index contributed by atoms with van der Waals surface area (Å²) in [6.45, 7) is 0. The van der Waals surface area contributed by atoms with E-state index in [-0.39, 0.29) is 0 Å². The van der Waals surface area contributed by atoms with Crippen molar-refractivity contribution in [1.82, 2.24) is 9.38 Å². The molecule has 2 heterocycles. The minimum Gasteiger partial charge on any atom is -0.508 e. The third kappa shape index (κ3) is 1.88. The van der Waals surface area contributed by atoms with E-state index in [0.717, 1.165) is 16.9 Å². The highest BCUT2D eigenvalue weighted by atomic mass is 16.3. The van der Waals surface area contributed by atoms with Crippen LogP contribution in [-0.2, 0) is 6.42 Å². The molecule has 0 fully saturated rings. The van der Waals surface area contributed by atoms with E-state index in [2.05, 4.69) is 4.98 Å². The molecule has 0 amide bonds. The molecule has 0 atom stereocenters. The molecule has 90 valence electrons. The topological polar surface area (TPSA) is 63.5 Å². The molecule has 4 nitrogen and oxygen atoms in total. The average molecular weight is 239 g/mol. The molecule has 2 aromatic heterocycles. The van der Waals surface area contributed by atoms with Crippen LogP contribution in [0.1, 0.15) is 11.3 Å². The summed E-state index contributed by atoms with van der Waals surface area (Å²) in [5.41, 5.74) is 9.01. The molecule has 0 unspecified atom stereocenters. The van der Waals surface area contributed by atoms with Gasteiger partial charge in [-0.25, -0.2) is 4.98 Å². The van der Waals surface area contributed by atoms with Gasteiger partial charge in [0.05, 0.1) is 5.69 Å². The zero-order valence-electron chi connectivity index (χ0n) is 9.74. The maximum atomic E-state index is 9.74. The summed E-state index contributed by atoms with van der Waals surface area (Å²) in [6.07, 6.45) is 4.43. The van der Waals surface area contributed by atoms with Crippen LogP contribution in [0.4, 0.5) is 5.69 Å². The lowest BCUT2D eigenvalue weighted by molar-refractivity contribution is 0.469. The highest BCUT2D eigenvalue weighted by molar-refractivity contribution is 5.52. The van der Waals surface area contributed by atoms with E-state index in [0.29, 0.717) is 17.9 Å². The van der Waals surface area contributed by atoms with Crippen LogP contribution in [0.3, 0.4) is 0 Å². The van der Waals surface area contributed by atoms with Gasteiger partial charge < -0.3 is 15.2 Å². The van der Waals surface area contributed by atoms with Crippen LogP contribution in [0, 0.1) is 0 Å². The first-order valence-corrected chi connectivity index (χ1v) is 5.72. The van der Waals surface area contributed by atoms with Crippen molar-refractivity contribution in [3.63, 3.8) is 0 Å². The summed E-state index contributed by atoms with van der Waals surface area (Å²) in [4.78, 5) is 4.48. The number of phenolic OH excluding ortho intramolecular Hbond substituents is 1. The van der Waals surface area contributed by atoms with Crippen molar-refractivity contribution in [2.75, 3.05) is 5.73 Å². The molecule has 0 spiro atoms. The fourth-order valence-electron chi connectivity index (χ4n) is 1.99. The number of hydrogen-bond donors (Lipinski definition) is 2. The second kappa shape index (κ2) is 4.07. The fourth-order valence-corrected chi connectivity index (χ4v) is 1.99. The number of pyridine rings is 1. The van der Waals surface area contributed by atoms with E-state index < -0.39 is 0 Å². The van der Waals surface area contributed by atoms with E-state index in [1.165, 1.54) is 0 Å². The zero-order chi connectivity index (χ0) is 12.5. The Morgan fingerprint density at radius 3 is 2.89 bits per heavy atom. The maximum Gasteiger partial charge on any atom is 0.139 e. The van der Waals surface area contributed by atoms with Gasteiger partial charge in [-0.1, -0.05) is 18.2 Å². The Balaban J connectivity index is 1.98. The summed E-state index contributed by atoms with van der Waals surface area (Å²) in [7, 11) is 0. The number of aromatic hydroxyl groups is 1. The first kappa shape index (κ1) is 10.7. The lowest BCUT2D eigenvalue weighted by atomic mass is 10.1. The molecule has 0 aliphatic rings. The molecular weight excluding hydrogens is 226 g/mol. The third-order valence-corrected chi connectivity index (χ3v) is 2.90. The highest BCUT2D eigenvalue weighted by Crippen LogP contribution is 2.20. The van der Waals surface area contributed by atoms with Gasteiger partial charge in [0.25, 0.3) is 0 Å². The number of anilines is 1. The van der Waals surface area contributed by atoms with Gasteiger partial charge in [-0.2, -0.15) is 0 Å². The number of imidazole rings is 1. The second-order valence-electron chi connectivity index (χ2n) is 4.26. The largest absolute Gasteiger partial charge is 0.508 e. The monoisotopic (exact) mass is 239 g/mol. The summed E-state index contributed by atoms with van der Waals surface area (Å²) in [5.74, 6) is 0.300. The number of fused-ring (bicyclic) bond motifs is 1. The van der Waals surface area contributed by atoms with Crippen molar-refractivity contribution in [1.29, 1.82) is 0 Å². The zero-order valence-corrected chi connectivity index (χ0v) is 9.74. The van der Waals surface area contributed by atoms with Gasteiger partial charge in [-0.3, -0.25) is 0 Å². The Bertz CT molecular complexity index is 703. The third-order valence-electron chi connectivity index (χ3n) is 2.90. The molecule has 0 bridgehead atoms. The van der Waals surface area contributed by atoms with E-state index in [4.69, 9.17) is 5.73 Å². The molecule has 0 aliphatic carbocycles. The van der Waals surface area contributed by atoms with Gasteiger partial charge in [0.2, 0.25) is 0 Å². The Morgan fingerprint density at radius 2 is 2.06 bits per heavy atom. The molecular formula is C14H13N3O. The molecule has 0 aliphatic heterocycles. The Kier molecular flexibility index (Phi) is 2.41. The van der Waals surface area contributed by atoms with Gasteiger partial charge >= 0.3 is 0 Å². The molecule has 0 saturated carbocycles. The van der Waals surface area contributed by atoms with E-state index in [9.17, 15) is 5.11 Å². The number of hydrogen-bond acceptors (Lipinski definition) is 3. The predicted molar refractivity (Wildman–Crippen MR) is 70.5 cm³/mol. The number of rotatable bonds is 2. The summed E-state index contributed by atoms with van der Waals surface area (Å²) >= 11 is 0. The van der Waals surface area contributed by atoms with Gasteiger partial charge in [0, 0.05) is 30.6 Å². The quantitative estimate of drug-likeness (QED) is 0.720. The van der Waals surface area contributed by atoms with Gasteiger partial charge in [0.15, 0.2) is 0 Å². The average Bonchev–Trinajstić information content (AvgIpc) is 2.73. The molecule has 3 aromatic rings. The summed E-state index contributed by atoms with van der Waals surface area (Å²) in [5, 5.41) is 9.74. The molecule has 4 heteroatoms. The van der Waals surface area contributed by atoms with Gasteiger partial charge in [-0.15, -0.1) is 0 Å². The van der Waals surface area contributed by atoms with Crippen molar-refractivity contribution in [2.45, 2.75) is 6.42 Å². The molecule has 0 radical (unpaired) electrons. The Hall–Kier alpha value is -2.49. The Labute approximate surface area is 104 Å². The van der Waals surface area contributed by atoms with Crippen LogP contribution in [0.15, 0.2) is 48.8 Å². The highest BCUT2D eigenvalue weighted by Gasteiger charge is 2.05. The van der Waals surface area contributed by atoms with Crippen LogP contribution in [0.2, 0.25) is 0 Å². The van der Waals surface area contributed by atoms with Crippen LogP contribution < -0.4 is 5.73 Å². The second-order valence-corrected chi connectivity index (χ2v) is 4.26. The Morgan fingerprint density at radius 1 is 1.22 bits per heavy atom. The molecule has 18 heavy (non-hydrogen) atoms. The predicted octanol–water partition coefficient (Wildman–Crippen LogP) is 2.21. The van der Waals surface area contributed by atoms with Crippen LogP contribution in [0.25, 0.3) is 5.65 Å². The number of nitrogens with zero attached hydrogens (tertiary/aromatic N) is 2. The molecule has 3 N–H and O–H groups in total. The van der Waals surface area contributed by atoms with Crippen molar-refractivity contribution in [3.8, 4) is 5.75 Å². The number of nitrogens with two attached hydrogens (primary N) is 1. The normalized spacial score (nSPS) is 10.9. The lowest BCUT2D eigenvalue weighted by Gasteiger charge is -2.00. The van der Waals surface area contributed by atoms with Gasteiger partial charge in [-0.05, 0) is 17.7 Å². The van der Waals surface area contributed by atoms with Crippen LogP contribution >= 0.6 is 0 Å². The summed E-state index contributed by atoms with van der Waals surface area (Å²) < 4.78 is 1.92. The van der Waals surface area contributed by atoms with Crippen molar-refractivity contribution >= 4 is 11.3 Å². The number of phenols is 1. The SMILES string of the molecule is Nc1ccn2cc(Cc3ccccc3O)nc2c1. The minimum absolute atomic E-state index is 0.300. The molecule has 1 aromatic carbocycles. The maximum absolute atomic E-state index is 9.74. The smallest absolute Gasteiger partial charge is 0.139 e. The van der Waals surface area contributed by atoms with Crippen molar-refractivity contribution in [2.24, 2.45) is 0 Å². The number of nitrogen functional groups attached to an aromatic ring is 1. The number of benzene rings is 1. The number of para-hydroxylation sites is 1. The summed E-state index contributed by atoms with van der Waals surface area (Å²) in [6, 6.07) is 11.0. The van der Waals surface area contributed by atoms with Crippen molar-refractivity contribution in [3.05, 3.63) is 60.0 Å². The fraction of sp³-hybridized carbons (Fsp3) is 0.0714. The first-order chi connectivity index (χ1) is 8.72. The first-order valence-electron chi connectivity index (χ1n) is 5.72. The number of aromatic nitrogens is 2. The molecule has 0 saturated heterocycles. The van der Waals surface area contributed by atoms with Crippen LogP contribution in [-0.4, -0.2) is 14.5 Å². The van der Waals surface area contributed by atoms with E-state index in [1.807, 2.05) is 47.1 Å².